The molecule has 8 nitrogen and oxygen atoms in total. The lowest BCUT2D eigenvalue weighted by molar-refractivity contribution is -0.700. The number of allylic oxidation sites excluding steroid dienone is 4. The Balaban J connectivity index is 1.20. The highest BCUT2D eigenvalue weighted by Gasteiger charge is 2.11. The number of anilines is 2. The monoisotopic (exact) mass is 833 g/mol. The fourth-order valence-corrected chi connectivity index (χ4v) is 8.02. The molecule has 2 aromatic carbocycles. The van der Waals surface area contributed by atoms with Gasteiger partial charge in [-0.2, -0.15) is 4.57 Å². The zero-order valence-electron chi connectivity index (χ0n) is 35.2. The predicted molar refractivity (Wildman–Crippen MR) is 245 cm³/mol. The molecule has 0 aliphatic rings. The molecule has 2 amide bonds. The quantitative estimate of drug-likeness (QED) is 0.0286. The van der Waals surface area contributed by atoms with Crippen LogP contribution in [0.5, 0.6) is 0 Å². The van der Waals surface area contributed by atoms with Gasteiger partial charge in [0.05, 0.1) is 0 Å². The Morgan fingerprint density at radius 3 is 1.67 bits per heavy atom. The Morgan fingerprint density at radius 1 is 0.690 bits per heavy atom. The van der Waals surface area contributed by atoms with Crippen LogP contribution >= 0.6 is 21.6 Å². The molecule has 0 aliphatic carbocycles. The van der Waals surface area contributed by atoms with E-state index in [0.717, 1.165) is 83.9 Å². The van der Waals surface area contributed by atoms with Crippen molar-refractivity contribution in [3.63, 3.8) is 0 Å². The van der Waals surface area contributed by atoms with Crippen LogP contribution in [0.3, 0.4) is 0 Å². The SMILES string of the molecule is CNC=CC(C=Cc1ccc(N(C)CCCN(C)C(=O)CCCSSCCCC(=O)N(C)CCCN(C)c2ccc(C=Cc3cc[n+](C)c(F)c3)cc2)cc1)=CCF. The van der Waals surface area contributed by atoms with Crippen LogP contribution in [0.4, 0.5) is 20.2 Å². The van der Waals surface area contributed by atoms with E-state index in [1.54, 1.807) is 48.1 Å². The van der Waals surface area contributed by atoms with Gasteiger partial charge in [0.1, 0.15) is 13.7 Å². The highest BCUT2D eigenvalue weighted by molar-refractivity contribution is 8.76. The van der Waals surface area contributed by atoms with Gasteiger partial charge in [-0.3, -0.25) is 9.59 Å². The molecule has 0 atom stereocenters. The molecule has 12 heteroatoms. The fraction of sp³-hybridized carbons (Fsp3) is 0.413. The van der Waals surface area contributed by atoms with Crippen LogP contribution in [0.15, 0.2) is 96.9 Å². The number of nitrogens with zero attached hydrogens (tertiary/aromatic N) is 5. The number of benzene rings is 2. The van der Waals surface area contributed by atoms with Crippen LogP contribution in [-0.2, 0) is 16.6 Å². The molecule has 0 bridgehead atoms. The van der Waals surface area contributed by atoms with Crippen LogP contribution in [0.2, 0.25) is 0 Å². The zero-order valence-corrected chi connectivity index (χ0v) is 36.8. The van der Waals surface area contributed by atoms with Crippen molar-refractivity contribution >= 4 is 63.0 Å². The number of aryl methyl sites for hydroxylation is 1. The largest absolute Gasteiger partial charge is 0.394 e. The van der Waals surface area contributed by atoms with Gasteiger partial charge in [0.15, 0.2) is 6.20 Å². The van der Waals surface area contributed by atoms with E-state index in [-0.39, 0.29) is 17.8 Å². The summed E-state index contributed by atoms with van der Waals surface area (Å²) < 4.78 is 28.0. The highest BCUT2D eigenvalue weighted by Crippen LogP contribution is 2.24. The van der Waals surface area contributed by atoms with Crippen LogP contribution in [0, 0.1) is 5.95 Å². The van der Waals surface area contributed by atoms with Crippen molar-refractivity contribution in [3.8, 4) is 0 Å². The normalized spacial score (nSPS) is 11.8. The Labute approximate surface area is 354 Å². The lowest BCUT2D eigenvalue weighted by Crippen LogP contribution is -2.32. The van der Waals surface area contributed by atoms with Gasteiger partial charge in [-0.05, 0) is 90.6 Å². The van der Waals surface area contributed by atoms with Gasteiger partial charge >= 0.3 is 5.95 Å². The smallest absolute Gasteiger partial charge is 0.359 e. The van der Waals surface area contributed by atoms with Gasteiger partial charge in [-0.25, -0.2) is 4.39 Å². The first-order chi connectivity index (χ1) is 28.0. The van der Waals surface area contributed by atoms with Crippen molar-refractivity contribution in [2.24, 2.45) is 7.05 Å². The Hall–Kier alpha value is -4.55. The number of hydrogen-bond acceptors (Lipinski definition) is 7. The summed E-state index contributed by atoms with van der Waals surface area (Å²) in [6, 6.07) is 19.9. The highest BCUT2D eigenvalue weighted by atomic mass is 33.1. The first kappa shape index (κ1) is 47.8. The molecule has 0 aliphatic heterocycles. The summed E-state index contributed by atoms with van der Waals surface area (Å²) in [6.07, 6.45) is 19.1. The Kier molecular flexibility index (Phi) is 22.4. The van der Waals surface area contributed by atoms with E-state index in [1.165, 1.54) is 16.7 Å². The summed E-state index contributed by atoms with van der Waals surface area (Å²) in [5, 5.41) is 2.92. The predicted octanol–water partition coefficient (Wildman–Crippen LogP) is 8.67. The number of amides is 2. The fourth-order valence-electron chi connectivity index (χ4n) is 5.85. The molecule has 0 saturated carbocycles. The lowest BCUT2D eigenvalue weighted by Gasteiger charge is -2.22. The third-order valence-corrected chi connectivity index (χ3v) is 12.2. The number of halogens is 2. The molecular weight excluding hydrogens is 771 g/mol. The Bertz CT molecular complexity index is 1800. The van der Waals surface area contributed by atoms with Crippen LogP contribution in [-0.4, -0.2) is 101 Å². The molecule has 1 N–H and O–H groups in total. The molecule has 3 aromatic rings. The molecule has 0 unspecified atom stereocenters. The average Bonchev–Trinajstić information content (AvgIpc) is 3.23. The third kappa shape index (κ3) is 18.4. The molecule has 3 rings (SSSR count). The third-order valence-electron chi connectivity index (χ3n) is 9.62. The molecule has 1 heterocycles. The van der Waals surface area contributed by atoms with Crippen molar-refractivity contribution in [1.82, 2.24) is 15.1 Å². The van der Waals surface area contributed by atoms with Crippen molar-refractivity contribution in [2.75, 3.05) is 89.4 Å². The van der Waals surface area contributed by atoms with E-state index in [9.17, 15) is 18.4 Å². The molecule has 0 radical (unpaired) electrons. The molecule has 58 heavy (non-hydrogen) atoms. The van der Waals surface area contributed by atoms with E-state index in [2.05, 4.69) is 65.6 Å². The summed E-state index contributed by atoms with van der Waals surface area (Å²) in [4.78, 5) is 33.4. The lowest BCUT2D eigenvalue weighted by atomic mass is 10.1. The van der Waals surface area contributed by atoms with Gasteiger partial charge in [0.2, 0.25) is 11.8 Å². The van der Waals surface area contributed by atoms with Gasteiger partial charge in [0.25, 0.3) is 0 Å². The molecule has 314 valence electrons. The standard InChI is InChI=1S/C46H63F2N6O2S2/c1-49-29-26-40(25-28-47)14-13-38-17-21-42(22-18-38)50(2)30-9-32-53(5)45(55)11-7-35-57-58-36-8-12-46(56)54(6)33-10-31-51(3)43-23-19-39(20-24-43)15-16-41-27-34-52(4)44(48)37-41/h13-27,29,34,37,49H,7-12,28,30-33,35-36H2,1-6H3/q+1. The topological polar surface area (TPSA) is 63.0 Å². The van der Waals surface area contributed by atoms with Crippen molar-refractivity contribution in [3.05, 3.63) is 119 Å². The minimum absolute atomic E-state index is 0.175. The molecule has 1 aromatic heterocycles. The number of hydrogen-bond donors (Lipinski definition) is 1. The van der Waals surface area contributed by atoms with Gasteiger partial charge < -0.3 is 24.9 Å². The number of aromatic nitrogens is 1. The van der Waals surface area contributed by atoms with E-state index in [4.69, 9.17) is 0 Å². The number of nitrogens with one attached hydrogen (secondary N) is 1. The molecule has 0 fully saturated rings. The first-order valence-corrected chi connectivity index (χ1v) is 22.5. The second-order valence-electron chi connectivity index (χ2n) is 14.3. The number of carbonyl (C=O) groups is 2. The molecular formula is C46H63F2N6O2S2+. The summed E-state index contributed by atoms with van der Waals surface area (Å²) >= 11 is 0. The van der Waals surface area contributed by atoms with Crippen LogP contribution in [0.25, 0.3) is 18.2 Å². The minimum Gasteiger partial charge on any atom is -0.394 e. The summed E-state index contributed by atoms with van der Waals surface area (Å²) in [5.74, 6) is 1.89. The molecule has 0 spiro atoms. The van der Waals surface area contributed by atoms with Gasteiger partial charge in [-0.1, -0.05) is 70.2 Å². The summed E-state index contributed by atoms with van der Waals surface area (Å²) in [5.41, 5.74) is 5.91. The van der Waals surface area contributed by atoms with E-state index in [0.29, 0.717) is 25.9 Å². The van der Waals surface area contributed by atoms with Crippen LogP contribution < -0.4 is 19.7 Å². The number of alkyl halides is 1. The van der Waals surface area contributed by atoms with Crippen molar-refractivity contribution < 1.29 is 22.9 Å². The Morgan fingerprint density at radius 2 is 1.19 bits per heavy atom. The number of rotatable bonds is 26. The maximum atomic E-state index is 13.8. The second kappa shape index (κ2) is 27.2. The van der Waals surface area contributed by atoms with Crippen molar-refractivity contribution in [1.29, 1.82) is 0 Å². The van der Waals surface area contributed by atoms with Crippen molar-refractivity contribution in [2.45, 2.75) is 38.5 Å². The van der Waals surface area contributed by atoms with Gasteiger partial charge in [0, 0.05) is 109 Å². The first-order valence-electron chi connectivity index (χ1n) is 20.0. The summed E-state index contributed by atoms with van der Waals surface area (Å²) in [7, 11) is 14.9. The summed E-state index contributed by atoms with van der Waals surface area (Å²) in [6.45, 7) is 2.58. The molecule has 0 saturated heterocycles. The van der Waals surface area contributed by atoms with Crippen LogP contribution in [0.1, 0.15) is 55.2 Å². The van der Waals surface area contributed by atoms with E-state index in [1.807, 2.05) is 72.5 Å². The number of pyridine rings is 1. The maximum absolute atomic E-state index is 13.8. The van der Waals surface area contributed by atoms with Gasteiger partial charge in [-0.15, -0.1) is 4.39 Å². The maximum Gasteiger partial charge on any atom is 0.359 e. The number of carbonyl (C=O) groups excluding carboxylic acids is 2. The van der Waals surface area contributed by atoms with E-state index < -0.39 is 6.67 Å². The van der Waals surface area contributed by atoms with E-state index >= 15 is 0 Å². The minimum atomic E-state index is -0.511. The average molecular weight is 834 g/mol. The zero-order chi connectivity index (χ0) is 42.1. The second-order valence-corrected chi connectivity index (χ2v) is 17.0.